The summed E-state index contributed by atoms with van der Waals surface area (Å²) in [6, 6.07) is 3.39. The Morgan fingerprint density at radius 2 is 1.92 bits per heavy atom. The molecular formula is C15H19F3N2O4S. The standard InChI is InChI=1S/C15H19F3N2O4S/c1-2-20(9-14(21)22)11-7-10(8-11)19-25(23,24)13-6-4-3-5-12(13)15(16,17)18/h3-6,10-11,19H,2,7-9H2,1H3,(H,21,22). The fraction of sp³-hybridized carbons (Fsp3) is 0.533. The molecule has 2 N–H and O–H groups in total. The third kappa shape index (κ3) is 4.71. The molecule has 1 aromatic rings. The largest absolute Gasteiger partial charge is 0.480 e. The number of benzene rings is 1. The first kappa shape index (κ1) is 19.7. The summed E-state index contributed by atoms with van der Waals surface area (Å²) < 4.78 is 65.9. The van der Waals surface area contributed by atoms with Crippen molar-refractivity contribution in [1.29, 1.82) is 0 Å². The Hall–Kier alpha value is -1.65. The maximum atomic E-state index is 13.0. The minimum atomic E-state index is -4.77. The van der Waals surface area contributed by atoms with Crippen molar-refractivity contribution in [2.75, 3.05) is 13.1 Å². The van der Waals surface area contributed by atoms with Gasteiger partial charge in [-0.2, -0.15) is 13.2 Å². The first-order chi connectivity index (χ1) is 11.5. The first-order valence-corrected chi connectivity index (χ1v) is 9.17. The number of hydrogen-bond acceptors (Lipinski definition) is 4. The SMILES string of the molecule is CCN(CC(=O)O)C1CC(NS(=O)(=O)c2ccccc2C(F)(F)F)C1. The Balaban J connectivity index is 2.06. The number of carboxylic acids is 1. The number of aliphatic carboxylic acids is 1. The molecule has 0 aromatic heterocycles. The third-order valence-corrected chi connectivity index (χ3v) is 5.76. The number of halogens is 3. The van der Waals surface area contributed by atoms with E-state index in [2.05, 4.69) is 4.72 Å². The van der Waals surface area contributed by atoms with Gasteiger partial charge in [0.25, 0.3) is 0 Å². The number of alkyl halides is 3. The second-order valence-corrected chi connectivity index (χ2v) is 7.58. The molecule has 0 saturated heterocycles. The second-order valence-electron chi connectivity index (χ2n) is 5.89. The van der Waals surface area contributed by atoms with Crippen LogP contribution in [0.1, 0.15) is 25.3 Å². The Bertz CT molecular complexity index is 731. The Morgan fingerprint density at radius 1 is 1.32 bits per heavy atom. The highest BCUT2D eigenvalue weighted by Crippen LogP contribution is 2.35. The van der Waals surface area contributed by atoms with E-state index >= 15 is 0 Å². The van der Waals surface area contributed by atoms with Gasteiger partial charge in [-0.25, -0.2) is 13.1 Å². The van der Waals surface area contributed by atoms with Crippen LogP contribution in [0.3, 0.4) is 0 Å². The monoisotopic (exact) mass is 380 g/mol. The molecule has 0 amide bonds. The van der Waals surface area contributed by atoms with E-state index in [1.54, 1.807) is 11.8 Å². The number of nitrogens with zero attached hydrogens (tertiary/aromatic N) is 1. The number of carbonyl (C=O) groups is 1. The Labute approximate surface area is 143 Å². The summed E-state index contributed by atoms with van der Waals surface area (Å²) >= 11 is 0. The van der Waals surface area contributed by atoms with Crippen LogP contribution in [0, 0.1) is 0 Å². The molecule has 140 valence electrons. The normalized spacial score (nSPS) is 21.2. The van der Waals surface area contributed by atoms with Crippen LogP contribution in [0.5, 0.6) is 0 Å². The van der Waals surface area contributed by atoms with Crippen LogP contribution in [0.15, 0.2) is 29.2 Å². The average molecular weight is 380 g/mol. The minimum absolute atomic E-state index is 0.105. The lowest BCUT2D eigenvalue weighted by Gasteiger charge is -2.42. The third-order valence-electron chi connectivity index (χ3n) is 4.18. The van der Waals surface area contributed by atoms with Gasteiger partial charge in [-0.1, -0.05) is 19.1 Å². The summed E-state index contributed by atoms with van der Waals surface area (Å²) in [4.78, 5) is 11.7. The number of hydrogen-bond donors (Lipinski definition) is 2. The smallest absolute Gasteiger partial charge is 0.417 e. The van der Waals surface area contributed by atoms with Gasteiger partial charge in [-0.15, -0.1) is 0 Å². The predicted molar refractivity (Wildman–Crippen MR) is 83.5 cm³/mol. The maximum absolute atomic E-state index is 13.0. The van der Waals surface area contributed by atoms with Crippen molar-refractivity contribution in [2.24, 2.45) is 0 Å². The number of sulfonamides is 1. The fourth-order valence-electron chi connectivity index (χ4n) is 2.87. The molecule has 0 heterocycles. The maximum Gasteiger partial charge on any atom is 0.417 e. The Kier molecular flexibility index (Phi) is 5.75. The van der Waals surface area contributed by atoms with E-state index in [-0.39, 0.29) is 12.6 Å². The van der Waals surface area contributed by atoms with Crippen LogP contribution in [-0.2, 0) is 21.0 Å². The summed E-state index contributed by atoms with van der Waals surface area (Å²) in [6.45, 7) is 2.13. The van der Waals surface area contributed by atoms with Crippen molar-refractivity contribution in [3.05, 3.63) is 29.8 Å². The van der Waals surface area contributed by atoms with Crippen LogP contribution in [-0.4, -0.2) is 49.6 Å². The zero-order chi connectivity index (χ0) is 18.8. The van der Waals surface area contributed by atoms with Gasteiger partial charge < -0.3 is 5.11 Å². The molecular weight excluding hydrogens is 361 g/mol. The summed E-state index contributed by atoms with van der Waals surface area (Å²) in [6.07, 6.45) is -4.06. The molecule has 1 aromatic carbocycles. The Morgan fingerprint density at radius 3 is 2.44 bits per heavy atom. The molecule has 0 atom stereocenters. The summed E-state index contributed by atoms with van der Waals surface area (Å²) in [7, 11) is -4.32. The number of carboxylic acid groups (broad SMARTS) is 1. The van der Waals surface area contributed by atoms with Crippen molar-refractivity contribution in [3.63, 3.8) is 0 Å². The van der Waals surface area contributed by atoms with Crippen LogP contribution in [0.25, 0.3) is 0 Å². The summed E-state index contributed by atoms with van der Waals surface area (Å²) in [5.74, 6) is -0.981. The van der Waals surface area contributed by atoms with Crippen molar-refractivity contribution in [1.82, 2.24) is 9.62 Å². The van der Waals surface area contributed by atoms with E-state index in [1.807, 2.05) is 0 Å². The molecule has 2 rings (SSSR count). The molecule has 1 aliphatic carbocycles. The average Bonchev–Trinajstić information content (AvgIpc) is 2.47. The molecule has 0 spiro atoms. The van der Waals surface area contributed by atoms with E-state index < -0.39 is 38.7 Å². The van der Waals surface area contributed by atoms with Crippen molar-refractivity contribution in [2.45, 2.75) is 42.9 Å². The summed E-state index contributed by atoms with van der Waals surface area (Å²) in [5.41, 5.74) is -1.21. The van der Waals surface area contributed by atoms with Crippen LogP contribution in [0.4, 0.5) is 13.2 Å². The molecule has 1 aliphatic rings. The highest BCUT2D eigenvalue weighted by atomic mass is 32.2. The van der Waals surface area contributed by atoms with Crippen LogP contribution < -0.4 is 4.72 Å². The molecule has 0 bridgehead atoms. The quantitative estimate of drug-likeness (QED) is 0.755. The zero-order valence-corrected chi connectivity index (χ0v) is 14.3. The van der Waals surface area contributed by atoms with Crippen molar-refractivity contribution in [3.8, 4) is 0 Å². The second kappa shape index (κ2) is 7.30. The van der Waals surface area contributed by atoms with Gasteiger partial charge in [0.15, 0.2) is 0 Å². The van der Waals surface area contributed by atoms with E-state index in [4.69, 9.17) is 5.11 Å². The van der Waals surface area contributed by atoms with Gasteiger partial charge in [-0.05, 0) is 31.5 Å². The van der Waals surface area contributed by atoms with Gasteiger partial charge in [0, 0.05) is 12.1 Å². The highest BCUT2D eigenvalue weighted by molar-refractivity contribution is 7.89. The van der Waals surface area contributed by atoms with Gasteiger partial charge in [0.2, 0.25) is 10.0 Å². The molecule has 0 radical (unpaired) electrons. The number of likely N-dealkylation sites (N-methyl/N-ethyl adjacent to an activating group) is 1. The first-order valence-electron chi connectivity index (χ1n) is 7.69. The van der Waals surface area contributed by atoms with Crippen LogP contribution in [0.2, 0.25) is 0 Å². The summed E-state index contributed by atoms with van der Waals surface area (Å²) in [5, 5.41) is 8.83. The lowest BCUT2D eigenvalue weighted by molar-refractivity contribution is -0.140. The van der Waals surface area contributed by atoms with Gasteiger partial charge in [0.1, 0.15) is 0 Å². The lowest BCUT2D eigenvalue weighted by Crippen LogP contribution is -2.54. The van der Waals surface area contributed by atoms with E-state index in [9.17, 15) is 26.4 Å². The van der Waals surface area contributed by atoms with Crippen molar-refractivity contribution < 1.29 is 31.5 Å². The van der Waals surface area contributed by atoms with Crippen molar-refractivity contribution >= 4 is 16.0 Å². The number of rotatable bonds is 7. The minimum Gasteiger partial charge on any atom is -0.480 e. The predicted octanol–water partition coefficient (Wildman–Crippen LogP) is 1.92. The van der Waals surface area contributed by atoms with Crippen LogP contribution >= 0.6 is 0 Å². The van der Waals surface area contributed by atoms with Gasteiger partial charge in [0.05, 0.1) is 17.0 Å². The van der Waals surface area contributed by atoms with Gasteiger partial charge >= 0.3 is 12.1 Å². The molecule has 6 nitrogen and oxygen atoms in total. The molecule has 0 unspecified atom stereocenters. The topological polar surface area (TPSA) is 86.7 Å². The fourth-order valence-corrected chi connectivity index (χ4v) is 4.36. The molecule has 25 heavy (non-hydrogen) atoms. The van der Waals surface area contributed by atoms with E-state index in [1.165, 1.54) is 6.07 Å². The molecule has 10 heteroatoms. The molecule has 0 aliphatic heterocycles. The van der Waals surface area contributed by atoms with E-state index in [0.29, 0.717) is 19.4 Å². The molecule has 1 saturated carbocycles. The van der Waals surface area contributed by atoms with Gasteiger partial charge in [-0.3, -0.25) is 9.69 Å². The highest BCUT2D eigenvalue weighted by Gasteiger charge is 2.40. The number of nitrogens with one attached hydrogen (secondary N) is 1. The lowest BCUT2D eigenvalue weighted by atomic mass is 9.86. The van der Waals surface area contributed by atoms with E-state index in [0.717, 1.165) is 18.2 Å². The molecule has 1 fully saturated rings. The zero-order valence-electron chi connectivity index (χ0n) is 13.5.